The Balaban J connectivity index is 2.84. The highest BCUT2D eigenvalue weighted by atomic mass is 79.9. The number of halogens is 2. The zero-order chi connectivity index (χ0) is 11.9. The molecule has 1 amide bonds. The molecule has 0 saturated heterocycles. The minimum absolute atomic E-state index is 0.0710. The number of pyridine rings is 1. The molecule has 16 heavy (non-hydrogen) atoms. The lowest BCUT2D eigenvalue weighted by Crippen LogP contribution is -2.12. The van der Waals surface area contributed by atoms with E-state index in [2.05, 4.69) is 20.9 Å². The van der Waals surface area contributed by atoms with Crippen LogP contribution in [-0.4, -0.2) is 16.0 Å². The number of nitrogens with zero attached hydrogens (tertiary/aromatic N) is 1. The molecule has 0 fully saturated rings. The monoisotopic (exact) mass is 300 g/mol. The highest BCUT2D eigenvalue weighted by Gasteiger charge is 2.12. The third kappa shape index (κ3) is 1.72. The molecule has 1 heterocycles. The summed E-state index contributed by atoms with van der Waals surface area (Å²) in [6.07, 6.45) is 1.36. The average molecular weight is 302 g/mol. The summed E-state index contributed by atoms with van der Waals surface area (Å²) in [7, 11) is 0. The number of rotatable bonds is 1. The SMILES string of the molecule is NC(=O)c1cnc2cc(Cl)c(O)cc2c1Br. The first-order chi connectivity index (χ1) is 7.50. The van der Waals surface area contributed by atoms with Crippen molar-refractivity contribution in [3.63, 3.8) is 0 Å². The first kappa shape index (κ1) is 11.2. The van der Waals surface area contributed by atoms with Crippen LogP contribution < -0.4 is 5.73 Å². The quantitative estimate of drug-likeness (QED) is 0.849. The maximum atomic E-state index is 11.1. The van der Waals surface area contributed by atoms with E-state index in [0.29, 0.717) is 15.4 Å². The van der Waals surface area contributed by atoms with Gasteiger partial charge in [-0.3, -0.25) is 9.78 Å². The summed E-state index contributed by atoms with van der Waals surface area (Å²) in [4.78, 5) is 15.1. The number of hydrogen-bond donors (Lipinski definition) is 2. The van der Waals surface area contributed by atoms with Crippen molar-refractivity contribution >= 4 is 44.3 Å². The molecule has 0 unspecified atom stereocenters. The van der Waals surface area contributed by atoms with E-state index < -0.39 is 5.91 Å². The maximum Gasteiger partial charge on any atom is 0.251 e. The standard InChI is InChI=1S/C10H6BrClN2O2/c11-9-4-1-8(15)6(12)2-7(4)14-3-5(9)10(13)16/h1-3,15H,(H2,13,16). The lowest BCUT2D eigenvalue weighted by atomic mass is 10.1. The lowest BCUT2D eigenvalue weighted by Gasteiger charge is -2.05. The summed E-state index contributed by atoms with van der Waals surface area (Å²) < 4.78 is 0.497. The van der Waals surface area contributed by atoms with Gasteiger partial charge in [-0.15, -0.1) is 0 Å². The van der Waals surface area contributed by atoms with E-state index in [1.807, 2.05) is 0 Å². The fourth-order valence-electron chi connectivity index (χ4n) is 1.34. The third-order valence-electron chi connectivity index (χ3n) is 2.14. The largest absolute Gasteiger partial charge is 0.506 e. The van der Waals surface area contributed by atoms with Crippen LogP contribution in [0.2, 0.25) is 5.02 Å². The summed E-state index contributed by atoms with van der Waals surface area (Å²) in [6.45, 7) is 0. The van der Waals surface area contributed by atoms with Gasteiger partial charge in [-0.2, -0.15) is 0 Å². The molecule has 6 heteroatoms. The van der Waals surface area contributed by atoms with Gasteiger partial charge in [0.15, 0.2) is 0 Å². The van der Waals surface area contributed by atoms with Crippen molar-refractivity contribution in [2.75, 3.05) is 0 Å². The van der Waals surface area contributed by atoms with Crippen LogP contribution in [0.3, 0.4) is 0 Å². The van der Waals surface area contributed by atoms with Gasteiger partial charge < -0.3 is 10.8 Å². The van der Waals surface area contributed by atoms with Gasteiger partial charge >= 0.3 is 0 Å². The van der Waals surface area contributed by atoms with Crippen LogP contribution in [0.1, 0.15) is 10.4 Å². The molecule has 2 rings (SSSR count). The molecule has 4 nitrogen and oxygen atoms in total. The fourth-order valence-corrected chi connectivity index (χ4v) is 2.11. The number of hydrogen-bond acceptors (Lipinski definition) is 3. The topological polar surface area (TPSA) is 76.2 Å². The molecule has 0 spiro atoms. The van der Waals surface area contributed by atoms with Crippen molar-refractivity contribution in [1.82, 2.24) is 4.98 Å². The van der Waals surface area contributed by atoms with Crippen LogP contribution in [-0.2, 0) is 0 Å². The summed E-state index contributed by atoms with van der Waals surface area (Å²) in [5, 5.41) is 10.3. The molecule has 0 saturated carbocycles. The van der Waals surface area contributed by atoms with Crippen molar-refractivity contribution in [2.45, 2.75) is 0 Å². The predicted octanol–water partition coefficient (Wildman–Crippen LogP) is 2.46. The molecule has 82 valence electrons. The first-order valence-corrected chi connectivity index (χ1v) is 5.44. The number of phenolic OH excluding ortho intramolecular Hbond substituents is 1. The predicted molar refractivity (Wildman–Crippen MR) is 64.6 cm³/mol. The molecule has 2 aromatic rings. The van der Waals surface area contributed by atoms with E-state index in [9.17, 15) is 9.90 Å². The lowest BCUT2D eigenvalue weighted by molar-refractivity contribution is 0.0999. The van der Waals surface area contributed by atoms with E-state index in [1.54, 1.807) is 0 Å². The molecule has 1 aromatic heterocycles. The van der Waals surface area contributed by atoms with Crippen LogP contribution in [0, 0.1) is 0 Å². The number of fused-ring (bicyclic) bond motifs is 1. The second-order valence-corrected chi connectivity index (χ2v) is 4.37. The number of carbonyl (C=O) groups excluding carboxylic acids is 1. The first-order valence-electron chi connectivity index (χ1n) is 4.27. The van der Waals surface area contributed by atoms with Gasteiger partial charge in [0, 0.05) is 16.1 Å². The van der Waals surface area contributed by atoms with E-state index >= 15 is 0 Å². The van der Waals surface area contributed by atoms with Gasteiger partial charge in [-0.05, 0) is 28.1 Å². The van der Waals surface area contributed by atoms with Crippen LogP contribution in [0.25, 0.3) is 10.9 Å². The normalized spacial score (nSPS) is 10.6. The van der Waals surface area contributed by atoms with Crippen molar-refractivity contribution in [3.8, 4) is 5.75 Å². The number of benzene rings is 1. The van der Waals surface area contributed by atoms with Gasteiger partial charge in [-0.1, -0.05) is 11.6 Å². The Morgan fingerprint density at radius 2 is 2.19 bits per heavy atom. The van der Waals surface area contributed by atoms with Crippen LogP contribution in [0.5, 0.6) is 5.75 Å². The van der Waals surface area contributed by atoms with Crippen molar-refractivity contribution in [3.05, 3.63) is 33.4 Å². The number of aromatic nitrogens is 1. The maximum absolute atomic E-state index is 11.1. The second-order valence-electron chi connectivity index (χ2n) is 3.17. The zero-order valence-electron chi connectivity index (χ0n) is 7.87. The summed E-state index contributed by atoms with van der Waals surface area (Å²) in [5.74, 6) is -0.658. The Morgan fingerprint density at radius 1 is 1.50 bits per heavy atom. The number of carbonyl (C=O) groups is 1. The van der Waals surface area contributed by atoms with Crippen LogP contribution in [0.15, 0.2) is 22.8 Å². The minimum atomic E-state index is -0.587. The Bertz CT molecular complexity index is 601. The average Bonchev–Trinajstić information content (AvgIpc) is 2.21. The summed E-state index contributed by atoms with van der Waals surface area (Å²) >= 11 is 8.99. The van der Waals surface area contributed by atoms with E-state index in [1.165, 1.54) is 18.3 Å². The number of nitrogens with two attached hydrogens (primary N) is 1. The second kappa shape index (κ2) is 3.92. The van der Waals surface area contributed by atoms with Gasteiger partial charge in [0.2, 0.25) is 0 Å². The third-order valence-corrected chi connectivity index (χ3v) is 3.29. The molecular weight excluding hydrogens is 295 g/mol. The molecule has 3 N–H and O–H groups in total. The molecule has 0 radical (unpaired) electrons. The Hall–Kier alpha value is -1.33. The Morgan fingerprint density at radius 3 is 2.81 bits per heavy atom. The molecule has 0 bridgehead atoms. The number of primary amides is 1. The number of phenols is 1. The Labute approximate surface area is 104 Å². The zero-order valence-corrected chi connectivity index (χ0v) is 10.2. The van der Waals surface area contributed by atoms with Crippen molar-refractivity contribution in [1.29, 1.82) is 0 Å². The number of amides is 1. The minimum Gasteiger partial charge on any atom is -0.506 e. The van der Waals surface area contributed by atoms with Gasteiger partial charge in [0.1, 0.15) is 5.75 Å². The molecule has 0 aliphatic heterocycles. The highest BCUT2D eigenvalue weighted by Crippen LogP contribution is 2.33. The van der Waals surface area contributed by atoms with E-state index in [0.717, 1.165) is 0 Å². The summed E-state index contributed by atoms with van der Waals surface area (Å²) in [6, 6.07) is 2.95. The molecular formula is C10H6BrClN2O2. The number of aromatic hydroxyl groups is 1. The highest BCUT2D eigenvalue weighted by molar-refractivity contribution is 9.10. The van der Waals surface area contributed by atoms with Crippen molar-refractivity contribution < 1.29 is 9.90 Å². The van der Waals surface area contributed by atoms with Crippen molar-refractivity contribution in [2.24, 2.45) is 5.73 Å². The fraction of sp³-hybridized carbons (Fsp3) is 0. The van der Waals surface area contributed by atoms with Gasteiger partial charge in [-0.25, -0.2) is 0 Å². The van der Waals surface area contributed by atoms with E-state index in [4.69, 9.17) is 17.3 Å². The molecule has 0 aliphatic carbocycles. The molecule has 0 atom stereocenters. The Kier molecular flexibility index (Phi) is 2.73. The van der Waals surface area contributed by atoms with Gasteiger partial charge in [0.25, 0.3) is 5.91 Å². The van der Waals surface area contributed by atoms with Crippen LogP contribution >= 0.6 is 27.5 Å². The van der Waals surface area contributed by atoms with Crippen LogP contribution in [0.4, 0.5) is 0 Å². The summed E-state index contributed by atoms with van der Waals surface area (Å²) in [5.41, 5.74) is 6.00. The molecule has 1 aromatic carbocycles. The smallest absolute Gasteiger partial charge is 0.251 e. The van der Waals surface area contributed by atoms with Gasteiger partial charge in [0.05, 0.1) is 16.1 Å². The van der Waals surface area contributed by atoms with E-state index in [-0.39, 0.29) is 16.3 Å². The molecule has 0 aliphatic rings.